The molecule has 1 aromatic carbocycles. The second-order valence-corrected chi connectivity index (χ2v) is 4.66. The van der Waals surface area contributed by atoms with Gasteiger partial charge in [-0.05, 0) is 31.7 Å². The van der Waals surface area contributed by atoms with Gasteiger partial charge in [-0.2, -0.15) is 0 Å². The standard InChI is InChI=1S/C14H19N3/c1-11(15)9-17(2)10-12-7-8-16-14-6-4-3-5-13(12)14/h3-8,11H,9-10,15H2,1-2H3. The van der Waals surface area contributed by atoms with Gasteiger partial charge in [0, 0.05) is 30.7 Å². The Hall–Kier alpha value is -1.45. The molecule has 0 aliphatic rings. The van der Waals surface area contributed by atoms with Crippen LogP contribution >= 0.6 is 0 Å². The van der Waals surface area contributed by atoms with Crippen LogP contribution in [0.2, 0.25) is 0 Å². The fourth-order valence-electron chi connectivity index (χ4n) is 2.14. The van der Waals surface area contributed by atoms with Crippen molar-refractivity contribution in [2.24, 2.45) is 5.73 Å². The zero-order valence-corrected chi connectivity index (χ0v) is 10.4. The summed E-state index contributed by atoms with van der Waals surface area (Å²) in [5, 5.41) is 1.23. The van der Waals surface area contributed by atoms with Crippen LogP contribution < -0.4 is 5.73 Å². The van der Waals surface area contributed by atoms with E-state index >= 15 is 0 Å². The van der Waals surface area contributed by atoms with Crippen LogP contribution in [0.25, 0.3) is 10.9 Å². The molecule has 0 bridgehead atoms. The molecule has 3 nitrogen and oxygen atoms in total. The lowest BCUT2D eigenvalue weighted by Gasteiger charge is -2.19. The third-order valence-corrected chi connectivity index (χ3v) is 2.78. The van der Waals surface area contributed by atoms with Crippen molar-refractivity contribution < 1.29 is 0 Å². The van der Waals surface area contributed by atoms with Gasteiger partial charge < -0.3 is 10.6 Å². The molecule has 2 rings (SSSR count). The van der Waals surface area contributed by atoms with Crippen molar-refractivity contribution >= 4 is 10.9 Å². The lowest BCUT2D eigenvalue weighted by molar-refractivity contribution is 0.311. The van der Waals surface area contributed by atoms with Gasteiger partial charge >= 0.3 is 0 Å². The molecule has 1 atom stereocenters. The molecule has 0 aliphatic carbocycles. The van der Waals surface area contributed by atoms with E-state index in [4.69, 9.17) is 5.73 Å². The number of pyridine rings is 1. The number of para-hydroxylation sites is 1. The lowest BCUT2D eigenvalue weighted by Crippen LogP contribution is -2.32. The number of fused-ring (bicyclic) bond motifs is 1. The van der Waals surface area contributed by atoms with Gasteiger partial charge in [0.1, 0.15) is 0 Å². The van der Waals surface area contributed by atoms with Crippen LogP contribution in [0.3, 0.4) is 0 Å². The zero-order chi connectivity index (χ0) is 12.3. The van der Waals surface area contributed by atoms with E-state index in [9.17, 15) is 0 Å². The fourth-order valence-corrected chi connectivity index (χ4v) is 2.14. The number of rotatable bonds is 4. The van der Waals surface area contributed by atoms with E-state index < -0.39 is 0 Å². The summed E-state index contributed by atoms with van der Waals surface area (Å²) in [6.45, 7) is 3.84. The highest BCUT2D eigenvalue weighted by Gasteiger charge is 2.06. The monoisotopic (exact) mass is 229 g/mol. The summed E-state index contributed by atoms with van der Waals surface area (Å²) in [6, 6.07) is 10.5. The minimum Gasteiger partial charge on any atom is -0.327 e. The van der Waals surface area contributed by atoms with Crippen LogP contribution in [-0.2, 0) is 6.54 Å². The molecule has 0 amide bonds. The molecule has 1 aromatic heterocycles. The van der Waals surface area contributed by atoms with Gasteiger partial charge in [-0.15, -0.1) is 0 Å². The number of nitrogens with two attached hydrogens (primary N) is 1. The second kappa shape index (κ2) is 5.25. The molecule has 2 N–H and O–H groups in total. The summed E-state index contributed by atoms with van der Waals surface area (Å²) in [7, 11) is 2.10. The molecule has 17 heavy (non-hydrogen) atoms. The minimum absolute atomic E-state index is 0.202. The molecule has 1 heterocycles. The van der Waals surface area contributed by atoms with E-state index in [-0.39, 0.29) is 6.04 Å². The Balaban J connectivity index is 2.24. The van der Waals surface area contributed by atoms with E-state index in [1.807, 2.05) is 25.3 Å². The van der Waals surface area contributed by atoms with Crippen LogP contribution in [0.5, 0.6) is 0 Å². The third kappa shape index (κ3) is 3.02. The van der Waals surface area contributed by atoms with Gasteiger partial charge in [0.05, 0.1) is 5.52 Å². The lowest BCUT2D eigenvalue weighted by atomic mass is 10.1. The van der Waals surface area contributed by atoms with Crippen molar-refractivity contribution in [3.05, 3.63) is 42.1 Å². The average Bonchev–Trinajstić information content (AvgIpc) is 2.28. The first-order valence-corrected chi connectivity index (χ1v) is 5.93. The molecule has 0 fully saturated rings. The highest BCUT2D eigenvalue weighted by atomic mass is 15.1. The number of hydrogen-bond acceptors (Lipinski definition) is 3. The Kier molecular flexibility index (Phi) is 3.71. The Bertz CT molecular complexity index is 488. The third-order valence-electron chi connectivity index (χ3n) is 2.78. The Labute approximate surface area is 102 Å². The number of benzene rings is 1. The number of nitrogens with zero attached hydrogens (tertiary/aromatic N) is 2. The van der Waals surface area contributed by atoms with Crippen molar-refractivity contribution in [2.75, 3.05) is 13.6 Å². The van der Waals surface area contributed by atoms with Crippen LogP contribution in [0.4, 0.5) is 0 Å². The van der Waals surface area contributed by atoms with Crippen LogP contribution in [-0.4, -0.2) is 29.5 Å². The summed E-state index contributed by atoms with van der Waals surface area (Å²) in [6.07, 6.45) is 1.87. The molecule has 0 saturated heterocycles. The molecular formula is C14H19N3. The number of aromatic nitrogens is 1. The molecule has 0 aliphatic heterocycles. The summed E-state index contributed by atoms with van der Waals surface area (Å²) >= 11 is 0. The SMILES string of the molecule is CC(N)CN(C)Cc1ccnc2ccccc12. The molecule has 0 spiro atoms. The first-order chi connectivity index (χ1) is 8.16. The smallest absolute Gasteiger partial charge is 0.0705 e. The summed E-state index contributed by atoms with van der Waals surface area (Å²) in [4.78, 5) is 6.61. The van der Waals surface area contributed by atoms with E-state index in [0.29, 0.717) is 0 Å². The van der Waals surface area contributed by atoms with Crippen molar-refractivity contribution in [3.8, 4) is 0 Å². The maximum Gasteiger partial charge on any atom is 0.0705 e. The topological polar surface area (TPSA) is 42.1 Å². The first-order valence-electron chi connectivity index (χ1n) is 5.93. The molecule has 0 radical (unpaired) electrons. The molecule has 90 valence electrons. The quantitative estimate of drug-likeness (QED) is 0.872. The summed E-state index contributed by atoms with van der Waals surface area (Å²) in [5.41, 5.74) is 8.16. The Morgan fingerprint density at radius 1 is 1.29 bits per heavy atom. The highest BCUT2D eigenvalue weighted by molar-refractivity contribution is 5.81. The van der Waals surface area contributed by atoms with Gasteiger partial charge in [-0.25, -0.2) is 0 Å². The van der Waals surface area contributed by atoms with Gasteiger partial charge in [0.2, 0.25) is 0 Å². The van der Waals surface area contributed by atoms with Crippen molar-refractivity contribution in [1.29, 1.82) is 0 Å². The maximum atomic E-state index is 5.81. The molecule has 0 saturated carbocycles. The van der Waals surface area contributed by atoms with E-state index in [2.05, 4.69) is 35.1 Å². The van der Waals surface area contributed by atoms with Crippen molar-refractivity contribution in [3.63, 3.8) is 0 Å². The predicted octanol–water partition coefficient (Wildman–Crippen LogP) is 2.01. The van der Waals surface area contributed by atoms with Gasteiger partial charge in [-0.3, -0.25) is 4.98 Å². The van der Waals surface area contributed by atoms with Crippen molar-refractivity contribution in [2.45, 2.75) is 19.5 Å². The number of hydrogen-bond donors (Lipinski definition) is 1. The maximum absolute atomic E-state index is 5.81. The van der Waals surface area contributed by atoms with Crippen LogP contribution in [0, 0.1) is 0 Å². The first kappa shape index (κ1) is 12.0. The van der Waals surface area contributed by atoms with Crippen LogP contribution in [0.1, 0.15) is 12.5 Å². The van der Waals surface area contributed by atoms with Crippen molar-refractivity contribution in [1.82, 2.24) is 9.88 Å². The van der Waals surface area contributed by atoms with Crippen LogP contribution in [0.15, 0.2) is 36.5 Å². The zero-order valence-electron chi connectivity index (χ0n) is 10.4. The summed E-state index contributed by atoms with van der Waals surface area (Å²) in [5.74, 6) is 0. The Morgan fingerprint density at radius 2 is 2.06 bits per heavy atom. The number of likely N-dealkylation sites (N-methyl/N-ethyl adjacent to an activating group) is 1. The normalized spacial score (nSPS) is 13.2. The molecule has 3 heteroatoms. The Morgan fingerprint density at radius 3 is 2.82 bits per heavy atom. The largest absolute Gasteiger partial charge is 0.327 e. The molecule has 2 aromatic rings. The minimum atomic E-state index is 0.202. The predicted molar refractivity (Wildman–Crippen MR) is 71.7 cm³/mol. The second-order valence-electron chi connectivity index (χ2n) is 4.66. The van der Waals surface area contributed by atoms with Gasteiger partial charge in [0.15, 0.2) is 0 Å². The highest BCUT2D eigenvalue weighted by Crippen LogP contribution is 2.17. The van der Waals surface area contributed by atoms with Gasteiger partial charge in [-0.1, -0.05) is 18.2 Å². The summed E-state index contributed by atoms with van der Waals surface area (Å²) < 4.78 is 0. The molecule has 1 unspecified atom stereocenters. The van der Waals surface area contributed by atoms with E-state index in [1.165, 1.54) is 10.9 Å². The molecular weight excluding hydrogens is 210 g/mol. The average molecular weight is 229 g/mol. The van der Waals surface area contributed by atoms with E-state index in [0.717, 1.165) is 18.6 Å². The van der Waals surface area contributed by atoms with E-state index in [1.54, 1.807) is 0 Å². The van der Waals surface area contributed by atoms with Gasteiger partial charge in [0.25, 0.3) is 0 Å². The fraction of sp³-hybridized carbons (Fsp3) is 0.357.